The maximum atomic E-state index is 4.92. The standard InChI is InChI=1S/C66H41NS/c1-5-28-59-54(24-1)55-25-2-6-29-60(55)66(59)61-30-7-3-26-56(61)58-39-52(32-33-62(58)66)50-22-12-20-48(37-50)46-18-10-16-44(35-46)42-14-9-15-43(34-42)45-17-11-19-47(36-45)49-21-13-23-51(38-49)53-40-64-65(67-41-53)57-27-4-8-31-63(57)68-64/h1-41H. The average molecular weight is 880 g/mol. The van der Waals surface area contributed by atoms with Crippen LogP contribution in [0.2, 0.25) is 0 Å². The summed E-state index contributed by atoms with van der Waals surface area (Å²) in [5, 5.41) is 1.22. The zero-order chi connectivity index (χ0) is 44.8. The van der Waals surface area contributed by atoms with E-state index in [0.717, 1.165) is 11.1 Å². The number of fused-ring (bicyclic) bond motifs is 13. The third kappa shape index (κ3) is 5.98. The maximum Gasteiger partial charge on any atom is 0.0888 e. The Morgan fingerprint density at radius 2 is 0.632 bits per heavy atom. The number of benzene rings is 10. The summed E-state index contributed by atoms with van der Waals surface area (Å²) in [4.78, 5) is 4.92. The molecule has 0 atom stereocenters. The van der Waals surface area contributed by atoms with Gasteiger partial charge >= 0.3 is 0 Å². The van der Waals surface area contributed by atoms with Crippen LogP contribution in [0.1, 0.15) is 22.3 Å². The molecular weight excluding hydrogens is 839 g/mol. The van der Waals surface area contributed by atoms with Crippen molar-refractivity contribution in [2.75, 3.05) is 0 Å². The Morgan fingerprint density at radius 1 is 0.265 bits per heavy atom. The summed E-state index contributed by atoms with van der Waals surface area (Å²) < 4.78 is 2.49. The van der Waals surface area contributed by atoms with Crippen LogP contribution in [0.5, 0.6) is 0 Å². The minimum absolute atomic E-state index is 0.332. The van der Waals surface area contributed by atoms with Crippen LogP contribution >= 0.6 is 11.3 Å². The SMILES string of the molecule is c1cc(-c2cccc(-c3cccc(-c4ccc5c(c4)-c4ccccc4C54c5ccccc5-c5ccccc54)c3)c2)cc(-c2cccc(-c3cccc(-c4cnc5c(c4)sc4ccccc45)c3)c2)c1. The van der Waals surface area contributed by atoms with E-state index in [1.807, 2.05) is 17.5 Å². The van der Waals surface area contributed by atoms with Crippen LogP contribution in [0.3, 0.4) is 0 Å². The lowest BCUT2D eigenvalue weighted by molar-refractivity contribution is 0.794. The molecule has 10 aromatic carbocycles. The van der Waals surface area contributed by atoms with Crippen molar-refractivity contribution in [3.05, 3.63) is 271 Å². The first-order valence-electron chi connectivity index (χ1n) is 23.4. The third-order valence-electron chi connectivity index (χ3n) is 14.5. The Balaban J connectivity index is 0.768. The van der Waals surface area contributed by atoms with Crippen molar-refractivity contribution in [3.8, 4) is 89.0 Å². The molecule has 0 saturated heterocycles. The van der Waals surface area contributed by atoms with Gasteiger partial charge in [0.15, 0.2) is 0 Å². The van der Waals surface area contributed by atoms with Crippen molar-refractivity contribution in [3.63, 3.8) is 0 Å². The summed E-state index contributed by atoms with van der Waals surface area (Å²) in [6.45, 7) is 0. The molecule has 68 heavy (non-hydrogen) atoms. The van der Waals surface area contributed by atoms with E-state index in [0.29, 0.717) is 0 Å². The molecule has 14 rings (SSSR count). The predicted molar refractivity (Wildman–Crippen MR) is 286 cm³/mol. The van der Waals surface area contributed by atoms with E-state index in [1.54, 1.807) is 0 Å². The van der Waals surface area contributed by atoms with Crippen LogP contribution in [-0.2, 0) is 5.41 Å². The molecular formula is C66H41NS. The van der Waals surface area contributed by atoms with E-state index >= 15 is 0 Å². The summed E-state index contributed by atoms with van der Waals surface area (Å²) >= 11 is 1.81. The second kappa shape index (κ2) is 15.3. The molecule has 0 amide bonds. The minimum Gasteiger partial charge on any atom is -0.254 e. The lowest BCUT2D eigenvalue weighted by atomic mass is 9.70. The van der Waals surface area contributed by atoms with Gasteiger partial charge in [-0.15, -0.1) is 11.3 Å². The monoisotopic (exact) mass is 879 g/mol. The average Bonchev–Trinajstić information content (AvgIpc) is 4.05. The molecule has 0 saturated carbocycles. The summed E-state index contributed by atoms with van der Waals surface area (Å²) in [6.07, 6.45) is 2.02. The van der Waals surface area contributed by atoms with Gasteiger partial charge in [0.25, 0.3) is 0 Å². The molecule has 1 spiro atoms. The van der Waals surface area contributed by atoms with E-state index in [2.05, 4.69) is 243 Å². The molecule has 0 N–H and O–H groups in total. The number of aromatic nitrogens is 1. The molecule has 0 fully saturated rings. The number of nitrogens with zero attached hydrogens (tertiary/aromatic N) is 1. The number of hydrogen-bond acceptors (Lipinski definition) is 2. The number of hydrogen-bond donors (Lipinski definition) is 0. The predicted octanol–water partition coefficient (Wildman–Crippen LogP) is 17.8. The van der Waals surface area contributed by atoms with Crippen LogP contribution < -0.4 is 0 Å². The zero-order valence-corrected chi connectivity index (χ0v) is 37.8. The van der Waals surface area contributed by atoms with Crippen molar-refractivity contribution in [1.29, 1.82) is 0 Å². The first-order chi connectivity index (χ1) is 33.7. The van der Waals surface area contributed by atoms with Gasteiger partial charge in [-0.2, -0.15) is 0 Å². The van der Waals surface area contributed by atoms with Crippen molar-refractivity contribution in [1.82, 2.24) is 4.98 Å². The topological polar surface area (TPSA) is 12.9 Å². The number of pyridine rings is 1. The Bertz CT molecular complexity index is 3960. The molecule has 0 unspecified atom stereocenters. The van der Waals surface area contributed by atoms with E-state index < -0.39 is 0 Å². The summed E-state index contributed by atoms with van der Waals surface area (Å²) in [5.41, 5.74) is 25.8. The molecule has 12 aromatic rings. The van der Waals surface area contributed by atoms with Gasteiger partial charge < -0.3 is 0 Å². The fourth-order valence-corrected chi connectivity index (χ4v) is 12.5. The molecule has 1 nitrogen and oxygen atoms in total. The first-order valence-corrected chi connectivity index (χ1v) is 24.2. The lowest BCUT2D eigenvalue weighted by Crippen LogP contribution is -2.25. The fourth-order valence-electron chi connectivity index (χ4n) is 11.4. The highest BCUT2D eigenvalue weighted by molar-refractivity contribution is 7.25. The molecule has 2 heteroatoms. The van der Waals surface area contributed by atoms with Gasteiger partial charge in [-0.25, -0.2) is 0 Å². The van der Waals surface area contributed by atoms with E-state index in [4.69, 9.17) is 4.98 Å². The quantitative estimate of drug-likeness (QED) is 0.162. The summed E-state index contributed by atoms with van der Waals surface area (Å²) in [5.74, 6) is 0. The highest BCUT2D eigenvalue weighted by atomic mass is 32.1. The highest BCUT2D eigenvalue weighted by Crippen LogP contribution is 2.63. The fraction of sp³-hybridized carbons (Fsp3) is 0.0152. The van der Waals surface area contributed by atoms with Crippen LogP contribution in [0, 0.1) is 0 Å². The van der Waals surface area contributed by atoms with Crippen LogP contribution in [-0.4, -0.2) is 4.98 Å². The molecule has 2 aliphatic carbocycles. The zero-order valence-electron chi connectivity index (χ0n) is 37.0. The molecule has 2 aliphatic rings. The summed E-state index contributed by atoms with van der Waals surface area (Å²) in [6, 6.07) is 89.8. The second-order valence-electron chi connectivity index (χ2n) is 18.2. The van der Waals surface area contributed by atoms with Gasteiger partial charge in [-0.3, -0.25) is 4.98 Å². The minimum atomic E-state index is -0.332. The van der Waals surface area contributed by atoms with Gasteiger partial charge in [0.05, 0.1) is 15.6 Å². The first kappa shape index (κ1) is 38.8. The van der Waals surface area contributed by atoms with Gasteiger partial charge in [-0.05, 0) is 154 Å². The molecule has 2 aromatic heterocycles. The highest BCUT2D eigenvalue weighted by Gasteiger charge is 2.51. The lowest BCUT2D eigenvalue weighted by Gasteiger charge is -2.30. The second-order valence-corrected chi connectivity index (χ2v) is 19.3. The smallest absolute Gasteiger partial charge is 0.0888 e. The van der Waals surface area contributed by atoms with Crippen molar-refractivity contribution >= 4 is 31.6 Å². The van der Waals surface area contributed by atoms with Gasteiger partial charge in [0.2, 0.25) is 0 Å². The van der Waals surface area contributed by atoms with E-state index in [9.17, 15) is 0 Å². The van der Waals surface area contributed by atoms with Crippen molar-refractivity contribution < 1.29 is 0 Å². The number of thiophene rings is 1. The molecule has 0 radical (unpaired) electrons. The Morgan fingerprint density at radius 3 is 1.10 bits per heavy atom. The van der Waals surface area contributed by atoms with Crippen LogP contribution in [0.4, 0.5) is 0 Å². The van der Waals surface area contributed by atoms with Crippen LogP contribution in [0.25, 0.3) is 109 Å². The maximum absolute atomic E-state index is 4.92. The number of rotatable bonds is 6. The molecule has 2 heterocycles. The molecule has 0 aliphatic heterocycles. The normalized spacial score (nSPS) is 12.8. The van der Waals surface area contributed by atoms with Gasteiger partial charge in [0.1, 0.15) is 0 Å². The Kier molecular flexibility index (Phi) is 8.74. The Hall–Kier alpha value is -8.43. The van der Waals surface area contributed by atoms with Gasteiger partial charge in [0, 0.05) is 21.8 Å². The van der Waals surface area contributed by atoms with Crippen molar-refractivity contribution in [2.45, 2.75) is 5.41 Å². The largest absolute Gasteiger partial charge is 0.254 e. The Labute approximate surface area is 400 Å². The third-order valence-corrected chi connectivity index (χ3v) is 15.6. The van der Waals surface area contributed by atoms with E-state index in [-0.39, 0.29) is 5.41 Å². The van der Waals surface area contributed by atoms with Crippen molar-refractivity contribution in [2.24, 2.45) is 0 Å². The molecule has 0 bridgehead atoms. The van der Waals surface area contributed by atoms with Crippen LogP contribution in [0.15, 0.2) is 249 Å². The van der Waals surface area contributed by atoms with E-state index in [1.165, 1.54) is 120 Å². The summed E-state index contributed by atoms with van der Waals surface area (Å²) in [7, 11) is 0. The molecule has 316 valence electrons. The van der Waals surface area contributed by atoms with Gasteiger partial charge in [-0.1, -0.05) is 194 Å².